The van der Waals surface area contributed by atoms with Gasteiger partial charge in [0.15, 0.2) is 0 Å². The predicted octanol–water partition coefficient (Wildman–Crippen LogP) is 4.83. The van der Waals surface area contributed by atoms with Crippen molar-refractivity contribution < 1.29 is 4.79 Å². The highest BCUT2D eigenvalue weighted by Crippen LogP contribution is 2.24. The lowest BCUT2D eigenvalue weighted by Crippen LogP contribution is -2.22. The second kappa shape index (κ2) is 7.94. The SMILES string of the molecule is Cc1ccc(CNC(=O)c2ccc(Nc3ccccc3Br)nc2)cc1. The van der Waals surface area contributed by atoms with Crippen molar-refractivity contribution in [3.63, 3.8) is 0 Å². The van der Waals surface area contributed by atoms with Crippen molar-refractivity contribution in [2.75, 3.05) is 5.32 Å². The van der Waals surface area contributed by atoms with Gasteiger partial charge in [0.2, 0.25) is 0 Å². The summed E-state index contributed by atoms with van der Waals surface area (Å²) in [5, 5.41) is 6.12. The van der Waals surface area contributed by atoms with Crippen LogP contribution in [-0.2, 0) is 6.54 Å². The summed E-state index contributed by atoms with van der Waals surface area (Å²) in [6, 6.07) is 19.4. The maximum atomic E-state index is 12.2. The minimum Gasteiger partial charge on any atom is -0.348 e. The minimum atomic E-state index is -0.138. The monoisotopic (exact) mass is 395 g/mol. The number of aryl methyl sites for hydroxylation is 1. The number of aromatic nitrogens is 1. The van der Waals surface area contributed by atoms with Crippen LogP contribution in [0, 0.1) is 6.92 Å². The number of para-hydroxylation sites is 1. The molecule has 25 heavy (non-hydrogen) atoms. The second-order valence-electron chi connectivity index (χ2n) is 5.71. The molecule has 2 aromatic carbocycles. The first-order valence-corrected chi connectivity index (χ1v) is 8.72. The fourth-order valence-corrected chi connectivity index (χ4v) is 2.68. The van der Waals surface area contributed by atoms with Crippen molar-refractivity contribution in [1.29, 1.82) is 0 Å². The first-order chi connectivity index (χ1) is 12.1. The number of anilines is 2. The van der Waals surface area contributed by atoms with E-state index in [4.69, 9.17) is 0 Å². The maximum absolute atomic E-state index is 12.2. The number of pyridine rings is 1. The van der Waals surface area contributed by atoms with Gasteiger partial charge in [0, 0.05) is 17.2 Å². The van der Waals surface area contributed by atoms with Crippen molar-refractivity contribution in [2.45, 2.75) is 13.5 Å². The Kier molecular flexibility index (Phi) is 5.46. The van der Waals surface area contributed by atoms with Gasteiger partial charge in [-0.05, 0) is 52.7 Å². The number of amides is 1. The molecule has 1 amide bonds. The largest absolute Gasteiger partial charge is 0.348 e. The van der Waals surface area contributed by atoms with Crippen LogP contribution in [0.25, 0.3) is 0 Å². The molecule has 1 heterocycles. The first-order valence-electron chi connectivity index (χ1n) is 7.93. The van der Waals surface area contributed by atoms with E-state index in [1.54, 1.807) is 18.3 Å². The Bertz CT molecular complexity index is 861. The number of rotatable bonds is 5. The number of nitrogens with one attached hydrogen (secondary N) is 2. The minimum absolute atomic E-state index is 0.138. The maximum Gasteiger partial charge on any atom is 0.253 e. The molecule has 1 aromatic heterocycles. The van der Waals surface area contributed by atoms with Gasteiger partial charge in [-0.1, -0.05) is 42.0 Å². The quantitative estimate of drug-likeness (QED) is 0.650. The summed E-state index contributed by atoms with van der Waals surface area (Å²) < 4.78 is 0.955. The zero-order chi connectivity index (χ0) is 17.6. The Morgan fingerprint density at radius 1 is 1.04 bits per heavy atom. The van der Waals surface area contributed by atoms with Crippen LogP contribution in [0.15, 0.2) is 71.3 Å². The van der Waals surface area contributed by atoms with E-state index in [-0.39, 0.29) is 5.91 Å². The summed E-state index contributed by atoms with van der Waals surface area (Å²) in [7, 11) is 0. The van der Waals surface area contributed by atoms with Crippen molar-refractivity contribution >= 4 is 33.3 Å². The summed E-state index contributed by atoms with van der Waals surface area (Å²) in [6.45, 7) is 2.54. The van der Waals surface area contributed by atoms with Crippen molar-refractivity contribution in [2.24, 2.45) is 0 Å². The molecule has 126 valence electrons. The molecule has 0 aliphatic carbocycles. The standard InChI is InChI=1S/C20H18BrN3O/c1-14-6-8-15(9-7-14)12-23-20(25)16-10-11-19(22-13-16)24-18-5-3-2-4-17(18)21/h2-11,13H,12H2,1H3,(H,22,24)(H,23,25). The Labute approximate surface area is 155 Å². The Hall–Kier alpha value is -2.66. The van der Waals surface area contributed by atoms with Crippen molar-refractivity contribution in [3.8, 4) is 0 Å². The lowest BCUT2D eigenvalue weighted by Gasteiger charge is -2.09. The van der Waals surface area contributed by atoms with Crippen LogP contribution < -0.4 is 10.6 Å². The van der Waals surface area contributed by atoms with E-state index in [2.05, 4.69) is 31.5 Å². The highest BCUT2D eigenvalue weighted by molar-refractivity contribution is 9.10. The lowest BCUT2D eigenvalue weighted by atomic mass is 10.1. The van der Waals surface area contributed by atoms with Crippen LogP contribution in [-0.4, -0.2) is 10.9 Å². The van der Waals surface area contributed by atoms with E-state index in [0.29, 0.717) is 17.9 Å². The molecule has 3 rings (SSSR count). The van der Waals surface area contributed by atoms with Gasteiger partial charge in [-0.3, -0.25) is 4.79 Å². The van der Waals surface area contributed by atoms with Gasteiger partial charge in [0.1, 0.15) is 5.82 Å². The van der Waals surface area contributed by atoms with Crippen LogP contribution >= 0.6 is 15.9 Å². The van der Waals surface area contributed by atoms with Crippen LogP contribution in [0.2, 0.25) is 0 Å². The van der Waals surface area contributed by atoms with E-state index in [1.165, 1.54) is 5.56 Å². The average Bonchev–Trinajstić information content (AvgIpc) is 2.63. The Balaban J connectivity index is 1.60. The number of halogens is 1. The number of hydrogen-bond acceptors (Lipinski definition) is 3. The van der Waals surface area contributed by atoms with Crippen LogP contribution in [0.1, 0.15) is 21.5 Å². The van der Waals surface area contributed by atoms with Crippen molar-refractivity contribution in [1.82, 2.24) is 10.3 Å². The normalized spacial score (nSPS) is 10.3. The number of carbonyl (C=O) groups is 1. The molecule has 0 saturated heterocycles. The molecule has 0 bridgehead atoms. The molecule has 0 unspecified atom stereocenters. The highest BCUT2D eigenvalue weighted by Gasteiger charge is 2.07. The summed E-state index contributed by atoms with van der Waals surface area (Å²) >= 11 is 3.48. The van der Waals surface area contributed by atoms with Gasteiger partial charge in [0.25, 0.3) is 5.91 Å². The topological polar surface area (TPSA) is 54.0 Å². The van der Waals surface area contributed by atoms with Gasteiger partial charge in [-0.25, -0.2) is 4.98 Å². The molecule has 2 N–H and O–H groups in total. The molecule has 5 heteroatoms. The fourth-order valence-electron chi connectivity index (χ4n) is 2.29. The second-order valence-corrected chi connectivity index (χ2v) is 6.56. The molecular weight excluding hydrogens is 378 g/mol. The summed E-state index contributed by atoms with van der Waals surface area (Å²) in [5.74, 6) is 0.544. The smallest absolute Gasteiger partial charge is 0.253 e. The van der Waals surface area contributed by atoms with Gasteiger partial charge >= 0.3 is 0 Å². The number of hydrogen-bond donors (Lipinski definition) is 2. The third-order valence-corrected chi connectivity index (χ3v) is 4.43. The molecular formula is C20H18BrN3O. The third-order valence-electron chi connectivity index (χ3n) is 3.74. The number of benzene rings is 2. The molecule has 0 fully saturated rings. The molecule has 0 radical (unpaired) electrons. The molecule has 3 aromatic rings. The van der Waals surface area contributed by atoms with Crippen LogP contribution in [0.5, 0.6) is 0 Å². The zero-order valence-electron chi connectivity index (χ0n) is 13.8. The fraction of sp³-hybridized carbons (Fsp3) is 0.100. The molecule has 0 spiro atoms. The third kappa shape index (κ3) is 4.67. The highest BCUT2D eigenvalue weighted by atomic mass is 79.9. The average molecular weight is 396 g/mol. The molecule has 0 aliphatic rings. The zero-order valence-corrected chi connectivity index (χ0v) is 15.4. The van der Waals surface area contributed by atoms with Gasteiger partial charge in [-0.15, -0.1) is 0 Å². The van der Waals surface area contributed by atoms with Crippen molar-refractivity contribution in [3.05, 3.63) is 88.0 Å². The summed E-state index contributed by atoms with van der Waals surface area (Å²) in [4.78, 5) is 16.5. The van der Waals surface area contributed by atoms with Crippen LogP contribution in [0.3, 0.4) is 0 Å². The van der Waals surface area contributed by atoms with E-state index in [0.717, 1.165) is 15.7 Å². The van der Waals surface area contributed by atoms with Gasteiger partial charge in [0.05, 0.1) is 11.3 Å². The lowest BCUT2D eigenvalue weighted by molar-refractivity contribution is 0.0950. The molecule has 0 saturated carbocycles. The molecule has 0 aliphatic heterocycles. The number of nitrogens with zero attached hydrogens (tertiary/aromatic N) is 1. The van der Waals surface area contributed by atoms with Crippen LogP contribution in [0.4, 0.5) is 11.5 Å². The summed E-state index contributed by atoms with van der Waals surface area (Å²) in [6.07, 6.45) is 1.57. The van der Waals surface area contributed by atoms with Gasteiger partial charge in [-0.2, -0.15) is 0 Å². The predicted molar refractivity (Wildman–Crippen MR) is 104 cm³/mol. The first kappa shape index (κ1) is 17.2. The molecule has 0 atom stereocenters. The van der Waals surface area contributed by atoms with E-state index in [1.807, 2.05) is 55.5 Å². The Morgan fingerprint density at radius 3 is 2.48 bits per heavy atom. The Morgan fingerprint density at radius 2 is 1.80 bits per heavy atom. The van der Waals surface area contributed by atoms with E-state index >= 15 is 0 Å². The van der Waals surface area contributed by atoms with E-state index in [9.17, 15) is 4.79 Å². The van der Waals surface area contributed by atoms with E-state index < -0.39 is 0 Å². The number of carbonyl (C=O) groups excluding carboxylic acids is 1. The molecule has 4 nitrogen and oxygen atoms in total. The van der Waals surface area contributed by atoms with Gasteiger partial charge < -0.3 is 10.6 Å². The summed E-state index contributed by atoms with van der Waals surface area (Å²) in [5.41, 5.74) is 3.72.